The van der Waals surface area contributed by atoms with Crippen LogP contribution in [0.4, 0.5) is 5.82 Å². The minimum atomic E-state index is 0.666. The van der Waals surface area contributed by atoms with E-state index in [1.165, 1.54) is 0 Å². The minimum absolute atomic E-state index is 0.666. The third-order valence-electron chi connectivity index (χ3n) is 3.24. The Bertz CT molecular complexity index is 768. The van der Waals surface area contributed by atoms with Gasteiger partial charge < -0.3 is 5.32 Å². The molecule has 21 heavy (non-hydrogen) atoms. The molecule has 0 aliphatic heterocycles. The van der Waals surface area contributed by atoms with Crippen molar-refractivity contribution in [1.29, 1.82) is 0 Å². The van der Waals surface area contributed by atoms with Gasteiger partial charge in [0.1, 0.15) is 11.5 Å². The lowest BCUT2D eigenvalue weighted by Gasteiger charge is -2.08. The molecule has 0 atom stereocenters. The maximum Gasteiger partial charge on any atom is 0.180 e. The number of hydrogen-bond donors (Lipinski definition) is 1. The van der Waals surface area contributed by atoms with E-state index >= 15 is 0 Å². The van der Waals surface area contributed by atoms with Gasteiger partial charge >= 0.3 is 0 Å². The zero-order valence-corrected chi connectivity index (χ0v) is 12.3. The van der Waals surface area contributed by atoms with Crippen LogP contribution in [0.1, 0.15) is 19.0 Å². The first-order valence-corrected chi connectivity index (χ1v) is 7.22. The standard InChI is InChI=1S/C17H18N4/c1-3-10-18-16-11-12(2)19-17(21-16)15-9-8-13-6-4-5-7-14(13)20-15/h4-9,11H,3,10H2,1-2H3,(H,18,19,21). The number of fused-ring (bicyclic) bond motifs is 1. The number of nitrogens with zero attached hydrogens (tertiary/aromatic N) is 3. The van der Waals surface area contributed by atoms with Crippen molar-refractivity contribution in [2.75, 3.05) is 11.9 Å². The molecule has 0 fully saturated rings. The highest BCUT2D eigenvalue weighted by molar-refractivity contribution is 5.80. The summed E-state index contributed by atoms with van der Waals surface area (Å²) in [6, 6.07) is 14.1. The minimum Gasteiger partial charge on any atom is -0.370 e. The van der Waals surface area contributed by atoms with Crippen molar-refractivity contribution in [1.82, 2.24) is 15.0 Å². The molecule has 0 aliphatic carbocycles. The highest BCUT2D eigenvalue weighted by Crippen LogP contribution is 2.19. The summed E-state index contributed by atoms with van der Waals surface area (Å²) >= 11 is 0. The van der Waals surface area contributed by atoms with Crippen molar-refractivity contribution >= 4 is 16.7 Å². The molecule has 2 heterocycles. The van der Waals surface area contributed by atoms with Crippen molar-refractivity contribution in [2.24, 2.45) is 0 Å². The molecular weight excluding hydrogens is 260 g/mol. The van der Waals surface area contributed by atoms with Crippen LogP contribution in [0.3, 0.4) is 0 Å². The number of anilines is 1. The number of aromatic nitrogens is 3. The average Bonchev–Trinajstić information content (AvgIpc) is 2.52. The summed E-state index contributed by atoms with van der Waals surface area (Å²) in [5.74, 6) is 1.52. The third kappa shape index (κ3) is 2.99. The van der Waals surface area contributed by atoms with Crippen LogP contribution in [0.25, 0.3) is 22.4 Å². The first kappa shape index (κ1) is 13.5. The van der Waals surface area contributed by atoms with Crippen molar-refractivity contribution in [2.45, 2.75) is 20.3 Å². The summed E-state index contributed by atoms with van der Waals surface area (Å²) in [5.41, 5.74) is 2.70. The smallest absolute Gasteiger partial charge is 0.180 e. The van der Waals surface area contributed by atoms with Crippen molar-refractivity contribution in [3.8, 4) is 11.5 Å². The lowest BCUT2D eigenvalue weighted by atomic mass is 10.2. The fourth-order valence-corrected chi connectivity index (χ4v) is 2.22. The van der Waals surface area contributed by atoms with Gasteiger partial charge in [0, 0.05) is 23.7 Å². The zero-order valence-electron chi connectivity index (χ0n) is 12.3. The third-order valence-corrected chi connectivity index (χ3v) is 3.24. The molecule has 4 nitrogen and oxygen atoms in total. The first-order chi connectivity index (χ1) is 10.3. The molecule has 0 bridgehead atoms. The Balaban J connectivity index is 2.02. The Hall–Kier alpha value is -2.49. The molecular formula is C17H18N4. The van der Waals surface area contributed by atoms with E-state index in [-0.39, 0.29) is 0 Å². The van der Waals surface area contributed by atoms with Crippen LogP contribution in [0.5, 0.6) is 0 Å². The van der Waals surface area contributed by atoms with E-state index in [1.807, 2.05) is 37.3 Å². The molecule has 3 rings (SSSR count). The van der Waals surface area contributed by atoms with Crippen LogP contribution in [0.15, 0.2) is 42.5 Å². The topological polar surface area (TPSA) is 50.7 Å². The van der Waals surface area contributed by atoms with Crippen LogP contribution in [-0.2, 0) is 0 Å². The Morgan fingerprint density at radius 3 is 2.71 bits per heavy atom. The van der Waals surface area contributed by atoms with Gasteiger partial charge in [0.2, 0.25) is 0 Å². The fourth-order valence-electron chi connectivity index (χ4n) is 2.22. The molecule has 1 N–H and O–H groups in total. The second-order valence-corrected chi connectivity index (χ2v) is 5.03. The van der Waals surface area contributed by atoms with E-state index in [1.54, 1.807) is 0 Å². The van der Waals surface area contributed by atoms with Gasteiger partial charge in [0.05, 0.1) is 5.52 Å². The number of pyridine rings is 1. The van der Waals surface area contributed by atoms with Crippen molar-refractivity contribution < 1.29 is 0 Å². The highest BCUT2D eigenvalue weighted by Gasteiger charge is 2.07. The predicted molar refractivity (Wildman–Crippen MR) is 86.3 cm³/mol. The number of nitrogens with one attached hydrogen (secondary N) is 1. The lowest BCUT2D eigenvalue weighted by molar-refractivity contribution is 0.961. The first-order valence-electron chi connectivity index (χ1n) is 7.22. The summed E-state index contributed by atoms with van der Waals surface area (Å²) in [6.45, 7) is 5.01. The maximum atomic E-state index is 4.66. The van der Waals surface area contributed by atoms with Crippen LogP contribution in [0.2, 0.25) is 0 Å². The van der Waals surface area contributed by atoms with Crippen molar-refractivity contribution in [3.63, 3.8) is 0 Å². The van der Waals surface area contributed by atoms with Gasteiger partial charge in [-0.3, -0.25) is 0 Å². The molecule has 0 unspecified atom stereocenters. The molecule has 0 amide bonds. The molecule has 0 saturated heterocycles. The van der Waals surface area contributed by atoms with Gasteiger partial charge in [-0.2, -0.15) is 0 Å². The molecule has 4 heteroatoms. The van der Waals surface area contributed by atoms with E-state index < -0.39 is 0 Å². The molecule has 0 saturated carbocycles. The lowest BCUT2D eigenvalue weighted by Crippen LogP contribution is -2.04. The van der Waals surface area contributed by atoms with E-state index in [2.05, 4.69) is 39.3 Å². The Morgan fingerprint density at radius 1 is 1.00 bits per heavy atom. The van der Waals surface area contributed by atoms with Crippen LogP contribution >= 0.6 is 0 Å². The highest BCUT2D eigenvalue weighted by atomic mass is 15.0. The quantitative estimate of drug-likeness (QED) is 0.788. The molecule has 0 radical (unpaired) electrons. The van der Waals surface area contributed by atoms with Crippen LogP contribution in [-0.4, -0.2) is 21.5 Å². The monoisotopic (exact) mass is 278 g/mol. The molecule has 1 aromatic carbocycles. The van der Waals surface area contributed by atoms with Gasteiger partial charge in [-0.15, -0.1) is 0 Å². The van der Waals surface area contributed by atoms with E-state index in [4.69, 9.17) is 0 Å². The predicted octanol–water partition coefficient (Wildman–Crippen LogP) is 3.82. The number of aryl methyl sites for hydroxylation is 1. The van der Waals surface area contributed by atoms with Crippen LogP contribution in [0, 0.1) is 6.92 Å². The second-order valence-electron chi connectivity index (χ2n) is 5.03. The Kier molecular flexibility index (Phi) is 3.77. The summed E-state index contributed by atoms with van der Waals surface area (Å²) in [4.78, 5) is 13.7. The number of hydrogen-bond acceptors (Lipinski definition) is 4. The van der Waals surface area contributed by atoms with Crippen LogP contribution < -0.4 is 5.32 Å². The molecule has 106 valence electrons. The molecule has 3 aromatic rings. The number of para-hydroxylation sites is 1. The van der Waals surface area contributed by atoms with Gasteiger partial charge in [-0.25, -0.2) is 15.0 Å². The maximum absolute atomic E-state index is 4.66. The number of benzene rings is 1. The summed E-state index contributed by atoms with van der Waals surface area (Å²) < 4.78 is 0. The molecule has 0 aliphatic rings. The van der Waals surface area contributed by atoms with Gasteiger partial charge in [-0.05, 0) is 25.5 Å². The van der Waals surface area contributed by atoms with Gasteiger partial charge in [0.25, 0.3) is 0 Å². The summed E-state index contributed by atoms with van der Waals surface area (Å²) in [5, 5.41) is 4.43. The fraction of sp³-hybridized carbons (Fsp3) is 0.235. The normalized spacial score (nSPS) is 10.8. The Labute approximate surface area is 124 Å². The second kappa shape index (κ2) is 5.87. The molecule has 2 aromatic heterocycles. The van der Waals surface area contributed by atoms with Crippen molar-refractivity contribution in [3.05, 3.63) is 48.2 Å². The van der Waals surface area contributed by atoms with E-state index in [0.717, 1.165) is 41.1 Å². The summed E-state index contributed by atoms with van der Waals surface area (Å²) in [7, 11) is 0. The number of rotatable bonds is 4. The molecule has 0 spiro atoms. The largest absolute Gasteiger partial charge is 0.370 e. The van der Waals surface area contributed by atoms with E-state index in [9.17, 15) is 0 Å². The SMILES string of the molecule is CCCNc1cc(C)nc(-c2ccc3ccccc3n2)n1. The zero-order chi connectivity index (χ0) is 14.7. The van der Waals surface area contributed by atoms with E-state index in [0.29, 0.717) is 5.82 Å². The Morgan fingerprint density at radius 2 is 1.86 bits per heavy atom. The van der Waals surface area contributed by atoms with Gasteiger partial charge in [-0.1, -0.05) is 31.2 Å². The average molecular weight is 278 g/mol. The van der Waals surface area contributed by atoms with Gasteiger partial charge in [0.15, 0.2) is 5.82 Å². The summed E-state index contributed by atoms with van der Waals surface area (Å²) in [6.07, 6.45) is 1.06.